The molecular weight excluding hydrogens is 536 g/mol. The minimum Gasteiger partial charge on any atom is -0.247 e. The first-order valence-corrected chi connectivity index (χ1v) is 14.7. The van der Waals surface area contributed by atoms with Crippen LogP contribution >= 0.6 is 0 Å². The molecule has 0 spiro atoms. The lowest BCUT2D eigenvalue weighted by Crippen LogP contribution is -2.00. The summed E-state index contributed by atoms with van der Waals surface area (Å²) >= 11 is 0. The molecule has 0 bridgehead atoms. The molecule has 0 fully saturated rings. The fourth-order valence-corrected chi connectivity index (χ4v) is 5.72. The Hall–Kier alpha value is -6.00. The average Bonchev–Trinajstić information content (AvgIpc) is 3.11. The molecule has 2 aromatic heterocycles. The monoisotopic (exact) mass is 562 g/mol. The van der Waals surface area contributed by atoms with Gasteiger partial charge in [0.1, 0.15) is 0 Å². The molecule has 0 radical (unpaired) electrons. The second-order valence-corrected chi connectivity index (χ2v) is 10.7. The van der Waals surface area contributed by atoms with E-state index in [2.05, 4.69) is 97.1 Å². The third-order valence-electron chi connectivity index (χ3n) is 7.91. The van der Waals surface area contributed by atoms with Crippen LogP contribution in [-0.2, 0) is 0 Å². The highest BCUT2D eigenvalue weighted by Crippen LogP contribution is 2.37. The molecule has 44 heavy (non-hydrogen) atoms. The summed E-state index contributed by atoms with van der Waals surface area (Å²) in [5.74, 6) is 1.93. The first kappa shape index (κ1) is 25.7. The average molecular weight is 563 g/mol. The van der Waals surface area contributed by atoms with Gasteiger partial charge in [0.05, 0.1) is 11.2 Å². The zero-order valence-electron chi connectivity index (χ0n) is 23.8. The van der Waals surface area contributed by atoms with E-state index in [-0.39, 0.29) is 0 Å². The number of hydrogen-bond donors (Lipinski definition) is 0. The minimum absolute atomic E-state index is 0.633. The van der Waals surface area contributed by atoms with Crippen LogP contribution < -0.4 is 0 Å². The SMILES string of the molecule is c1ccc(-c2nc(-c3ccccc3)nc(-c3ccc(-c4ccc5cc6ccccc6c(-c6ccccc6)c5n4)cc3)n2)cc1. The predicted octanol–water partition coefficient (Wildman–Crippen LogP) is 9.91. The maximum absolute atomic E-state index is 5.24. The van der Waals surface area contributed by atoms with Gasteiger partial charge in [-0.15, -0.1) is 0 Å². The van der Waals surface area contributed by atoms with E-state index in [1.165, 1.54) is 10.8 Å². The van der Waals surface area contributed by atoms with Gasteiger partial charge in [-0.3, -0.25) is 0 Å². The molecule has 4 nitrogen and oxygen atoms in total. The van der Waals surface area contributed by atoms with E-state index in [1.807, 2.05) is 60.7 Å². The van der Waals surface area contributed by atoms with Gasteiger partial charge >= 0.3 is 0 Å². The van der Waals surface area contributed by atoms with Gasteiger partial charge in [-0.1, -0.05) is 146 Å². The summed E-state index contributed by atoms with van der Waals surface area (Å²) in [6, 6.07) is 54.0. The van der Waals surface area contributed by atoms with Gasteiger partial charge in [0.15, 0.2) is 17.5 Å². The van der Waals surface area contributed by atoms with E-state index in [9.17, 15) is 0 Å². The Balaban J connectivity index is 1.23. The molecule has 206 valence electrons. The molecule has 0 saturated carbocycles. The van der Waals surface area contributed by atoms with Crippen molar-refractivity contribution in [3.63, 3.8) is 0 Å². The van der Waals surface area contributed by atoms with Crippen molar-refractivity contribution < 1.29 is 0 Å². The van der Waals surface area contributed by atoms with Crippen molar-refractivity contribution >= 4 is 21.7 Å². The Labute approximate surface area is 255 Å². The molecule has 0 aliphatic rings. The topological polar surface area (TPSA) is 51.6 Å². The summed E-state index contributed by atoms with van der Waals surface area (Å²) in [6.45, 7) is 0. The largest absolute Gasteiger partial charge is 0.247 e. The quantitative estimate of drug-likeness (QED) is 0.196. The van der Waals surface area contributed by atoms with Crippen LogP contribution in [0.2, 0.25) is 0 Å². The summed E-state index contributed by atoms with van der Waals surface area (Å²) in [6.07, 6.45) is 0. The van der Waals surface area contributed by atoms with E-state index < -0.39 is 0 Å². The normalized spacial score (nSPS) is 11.2. The van der Waals surface area contributed by atoms with Gasteiger partial charge in [0, 0.05) is 33.2 Å². The zero-order chi connectivity index (χ0) is 29.3. The van der Waals surface area contributed by atoms with Crippen LogP contribution in [0.1, 0.15) is 0 Å². The molecule has 4 heteroatoms. The fraction of sp³-hybridized carbons (Fsp3) is 0. The van der Waals surface area contributed by atoms with Crippen LogP contribution in [0.3, 0.4) is 0 Å². The summed E-state index contributed by atoms with van der Waals surface area (Å²) < 4.78 is 0. The van der Waals surface area contributed by atoms with Gasteiger partial charge in [-0.25, -0.2) is 19.9 Å². The van der Waals surface area contributed by atoms with Crippen molar-refractivity contribution in [1.82, 2.24) is 19.9 Å². The third-order valence-corrected chi connectivity index (χ3v) is 7.91. The van der Waals surface area contributed by atoms with Crippen LogP contribution in [-0.4, -0.2) is 19.9 Å². The predicted molar refractivity (Wildman–Crippen MR) is 180 cm³/mol. The number of nitrogens with zero attached hydrogens (tertiary/aromatic N) is 4. The van der Waals surface area contributed by atoms with E-state index >= 15 is 0 Å². The Bertz CT molecular complexity index is 2190. The van der Waals surface area contributed by atoms with Crippen molar-refractivity contribution in [3.05, 3.63) is 158 Å². The lowest BCUT2D eigenvalue weighted by molar-refractivity contribution is 1.07. The fourth-order valence-electron chi connectivity index (χ4n) is 5.72. The third kappa shape index (κ3) is 4.79. The van der Waals surface area contributed by atoms with Gasteiger partial charge in [-0.2, -0.15) is 0 Å². The summed E-state index contributed by atoms with van der Waals surface area (Å²) in [4.78, 5) is 19.8. The molecule has 2 heterocycles. The minimum atomic E-state index is 0.633. The number of aromatic nitrogens is 4. The van der Waals surface area contributed by atoms with Gasteiger partial charge in [-0.05, 0) is 28.5 Å². The Morgan fingerprint density at radius 2 is 0.795 bits per heavy atom. The molecule has 0 atom stereocenters. The smallest absolute Gasteiger partial charge is 0.164 e. The van der Waals surface area contributed by atoms with Crippen molar-refractivity contribution in [2.75, 3.05) is 0 Å². The maximum atomic E-state index is 5.24. The second kappa shape index (κ2) is 11.0. The van der Waals surface area contributed by atoms with E-state index in [1.54, 1.807) is 0 Å². The molecule has 0 N–H and O–H groups in total. The van der Waals surface area contributed by atoms with Crippen LogP contribution in [0.5, 0.6) is 0 Å². The molecule has 8 aromatic rings. The number of benzene rings is 6. The van der Waals surface area contributed by atoms with E-state index in [4.69, 9.17) is 19.9 Å². The van der Waals surface area contributed by atoms with Crippen LogP contribution in [0.15, 0.2) is 158 Å². The zero-order valence-corrected chi connectivity index (χ0v) is 23.8. The van der Waals surface area contributed by atoms with Crippen LogP contribution in [0.25, 0.3) is 78.2 Å². The van der Waals surface area contributed by atoms with Crippen molar-refractivity contribution in [1.29, 1.82) is 0 Å². The number of rotatable bonds is 5. The van der Waals surface area contributed by atoms with Gasteiger partial charge in [0.25, 0.3) is 0 Å². The highest BCUT2D eigenvalue weighted by molar-refractivity contribution is 6.11. The number of hydrogen-bond acceptors (Lipinski definition) is 4. The van der Waals surface area contributed by atoms with E-state index in [0.717, 1.165) is 50.0 Å². The standard InChI is InChI=1S/C40H26N4/c1-4-12-28(13-5-1)36-34-19-11-10-18-32(34)26-33-24-25-35(41-37(33)36)27-20-22-31(23-21-27)40-43-38(29-14-6-2-7-15-29)42-39(44-40)30-16-8-3-9-17-30/h1-26H. The lowest BCUT2D eigenvalue weighted by Gasteiger charge is -2.13. The molecule has 0 saturated heterocycles. The second-order valence-electron chi connectivity index (χ2n) is 10.7. The number of pyridine rings is 1. The Morgan fingerprint density at radius 1 is 0.318 bits per heavy atom. The van der Waals surface area contributed by atoms with Crippen molar-refractivity contribution in [2.24, 2.45) is 0 Å². The molecule has 6 aromatic carbocycles. The molecule has 0 unspecified atom stereocenters. The van der Waals surface area contributed by atoms with Gasteiger partial charge in [0.2, 0.25) is 0 Å². The first-order chi connectivity index (χ1) is 21.8. The Morgan fingerprint density at radius 3 is 1.39 bits per heavy atom. The molecule has 0 aliphatic carbocycles. The lowest BCUT2D eigenvalue weighted by atomic mass is 9.94. The maximum Gasteiger partial charge on any atom is 0.164 e. The van der Waals surface area contributed by atoms with Gasteiger partial charge < -0.3 is 0 Å². The highest BCUT2D eigenvalue weighted by atomic mass is 15.0. The summed E-state index contributed by atoms with van der Waals surface area (Å²) in [7, 11) is 0. The molecule has 0 amide bonds. The van der Waals surface area contributed by atoms with Crippen LogP contribution in [0.4, 0.5) is 0 Å². The summed E-state index contributed by atoms with van der Waals surface area (Å²) in [5.41, 5.74) is 8.08. The first-order valence-electron chi connectivity index (χ1n) is 14.7. The molecule has 0 aliphatic heterocycles. The molecular formula is C40H26N4. The Kier molecular flexibility index (Phi) is 6.43. The molecule has 8 rings (SSSR count). The van der Waals surface area contributed by atoms with E-state index in [0.29, 0.717) is 17.5 Å². The van der Waals surface area contributed by atoms with Crippen molar-refractivity contribution in [2.45, 2.75) is 0 Å². The highest BCUT2D eigenvalue weighted by Gasteiger charge is 2.14. The summed E-state index contributed by atoms with van der Waals surface area (Å²) in [5, 5.41) is 3.53. The number of fused-ring (bicyclic) bond motifs is 2. The van der Waals surface area contributed by atoms with Crippen molar-refractivity contribution in [3.8, 4) is 56.5 Å². The van der Waals surface area contributed by atoms with Crippen LogP contribution in [0, 0.1) is 0 Å².